The van der Waals surface area contributed by atoms with Crippen LogP contribution in [0.5, 0.6) is 0 Å². The standard InChI is InChI=1S/C15H15N3O6/c1-2-24-12(19)7-16-15(23)17-9-3-4-11-8(5-9)6-10(14(21)22)13(20)18-11/h3-6H,2,7H2,1H3,(H,18,20)(H,21,22)(H2,16,17,23). The fourth-order valence-corrected chi connectivity index (χ4v) is 1.98. The predicted octanol–water partition coefficient (Wildman–Crippen LogP) is 0.911. The number of pyridine rings is 1. The van der Waals surface area contributed by atoms with Crippen LogP contribution in [-0.4, -0.2) is 41.2 Å². The smallest absolute Gasteiger partial charge is 0.341 e. The van der Waals surface area contributed by atoms with Gasteiger partial charge < -0.3 is 25.5 Å². The van der Waals surface area contributed by atoms with Gasteiger partial charge in [-0.1, -0.05) is 0 Å². The number of aromatic amines is 1. The highest BCUT2D eigenvalue weighted by Gasteiger charge is 2.11. The fraction of sp³-hybridized carbons (Fsp3) is 0.200. The average molecular weight is 333 g/mol. The monoisotopic (exact) mass is 333 g/mol. The van der Waals surface area contributed by atoms with Gasteiger partial charge in [0.05, 0.1) is 6.61 Å². The molecule has 0 radical (unpaired) electrons. The molecule has 0 aliphatic rings. The van der Waals surface area contributed by atoms with Gasteiger partial charge in [-0.25, -0.2) is 9.59 Å². The van der Waals surface area contributed by atoms with Crippen LogP contribution in [0.2, 0.25) is 0 Å². The summed E-state index contributed by atoms with van der Waals surface area (Å²) >= 11 is 0. The minimum absolute atomic E-state index is 0.219. The molecule has 0 saturated carbocycles. The summed E-state index contributed by atoms with van der Waals surface area (Å²) in [5.74, 6) is -1.90. The van der Waals surface area contributed by atoms with E-state index in [2.05, 4.69) is 20.4 Å². The lowest BCUT2D eigenvalue weighted by Crippen LogP contribution is -2.34. The van der Waals surface area contributed by atoms with Crippen LogP contribution in [0.25, 0.3) is 10.9 Å². The summed E-state index contributed by atoms with van der Waals surface area (Å²) in [5.41, 5.74) is -0.302. The number of esters is 1. The number of carbonyl (C=O) groups is 3. The summed E-state index contributed by atoms with van der Waals surface area (Å²) in [6.45, 7) is 1.60. The highest BCUT2D eigenvalue weighted by Crippen LogP contribution is 2.17. The number of fused-ring (bicyclic) bond motifs is 1. The molecule has 126 valence electrons. The third kappa shape index (κ3) is 4.09. The summed E-state index contributed by atoms with van der Waals surface area (Å²) in [6.07, 6.45) is 0. The SMILES string of the molecule is CCOC(=O)CNC(=O)Nc1ccc2[nH]c(=O)c(C(=O)O)cc2c1. The van der Waals surface area contributed by atoms with E-state index in [-0.39, 0.29) is 13.2 Å². The number of benzene rings is 1. The first-order valence-electron chi connectivity index (χ1n) is 7.01. The number of aromatic carboxylic acids is 1. The summed E-state index contributed by atoms with van der Waals surface area (Å²) in [4.78, 5) is 47.9. The van der Waals surface area contributed by atoms with Crippen molar-refractivity contribution in [2.45, 2.75) is 6.92 Å². The molecule has 0 bridgehead atoms. The highest BCUT2D eigenvalue weighted by atomic mass is 16.5. The molecule has 24 heavy (non-hydrogen) atoms. The number of urea groups is 1. The second-order valence-electron chi connectivity index (χ2n) is 4.73. The van der Waals surface area contributed by atoms with Gasteiger partial charge in [0.25, 0.3) is 5.56 Å². The Balaban J connectivity index is 2.14. The Kier molecular flexibility index (Phi) is 5.15. The zero-order chi connectivity index (χ0) is 17.7. The van der Waals surface area contributed by atoms with Gasteiger partial charge in [0.1, 0.15) is 12.1 Å². The van der Waals surface area contributed by atoms with Crippen molar-refractivity contribution in [2.24, 2.45) is 0 Å². The van der Waals surface area contributed by atoms with Crippen molar-refractivity contribution < 1.29 is 24.2 Å². The normalized spacial score (nSPS) is 10.2. The summed E-state index contributed by atoms with van der Waals surface area (Å²) in [6, 6.07) is 5.16. The first-order chi connectivity index (χ1) is 11.4. The average Bonchev–Trinajstić information content (AvgIpc) is 2.52. The van der Waals surface area contributed by atoms with Crippen LogP contribution in [-0.2, 0) is 9.53 Å². The maximum absolute atomic E-state index is 11.7. The van der Waals surface area contributed by atoms with E-state index >= 15 is 0 Å². The third-order valence-electron chi connectivity index (χ3n) is 3.03. The van der Waals surface area contributed by atoms with Crippen molar-refractivity contribution in [1.29, 1.82) is 0 Å². The molecule has 0 aliphatic heterocycles. The molecule has 9 nitrogen and oxygen atoms in total. The number of carboxylic acids is 1. The van der Waals surface area contributed by atoms with E-state index in [1.54, 1.807) is 6.92 Å². The van der Waals surface area contributed by atoms with Gasteiger partial charge in [0.2, 0.25) is 0 Å². The van der Waals surface area contributed by atoms with Crippen molar-refractivity contribution in [3.8, 4) is 0 Å². The van der Waals surface area contributed by atoms with Crippen LogP contribution in [0.1, 0.15) is 17.3 Å². The molecule has 4 N–H and O–H groups in total. The van der Waals surface area contributed by atoms with Gasteiger partial charge in [-0.3, -0.25) is 9.59 Å². The Morgan fingerprint density at radius 2 is 2.00 bits per heavy atom. The van der Waals surface area contributed by atoms with Crippen molar-refractivity contribution in [3.63, 3.8) is 0 Å². The Labute approximate surface area is 135 Å². The van der Waals surface area contributed by atoms with E-state index in [9.17, 15) is 19.2 Å². The number of carbonyl (C=O) groups excluding carboxylic acids is 2. The van der Waals surface area contributed by atoms with Crippen LogP contribution in [0.15, 0.2) is 29.1 Å². The Morgan fingerprint density at radius 3 is 2.67 bits per heavy atom. The van der Waals surface area contributed by atoms with Gasteiger partial charge in [0, 0.05) is 16.6 Å². The van der Waals surface area contributed by atoms with Gasteiger partial charge >= 0.3 is 18.0 Å². The minimum Gasteiger partial charge on any atom is -0.477 e. The van der Waals surface area contributed by atoms with E-state index in [1.165, 1.54) is 24.3 Å². The third-order valence-corrected chi connectivity index (χ3v) is 3.03. The molecule has 0 fully saturated rings. The number of nitrogens with one attached hydrogen (secondary N) is 3. The summed E-state index contributed by atoms with van der Waals surface area (Å²) in [5, 5.41) is 14.2. The van der Waals surface area contributed by atoms with E-state index in [0.29, 0.717) is 16.6 Å². The molecule has 9 heteroatoms. The lowest BCUT2D eigenvalue weighted by atomic mass is 10.1. The van der Waals surface area contributed by atoms with Gasteiger partial charge in [0.15, 0.2) is 0 Å². The molecule has 0 atom stereocenters. The summed E-state index contributed by atoms with van der Waals surface area (Å²) < 4.78 is 4.68. The van der Waals surface area contributed by atoms with Crippen LogP contribution in [0.3, 0.4) is 0 Å². The number of rotatable bonds is 5. The zero-order valence-electron chi connectivity index (χ0n) is 12.7. The topological polar surface area (TPSA) is 138 Å². The van der Waals surface area contributed by atoms with Crippen molar-refractivity contribution in [3.05, 3.63) is 40.2 Å². The zero-order valence-corrected chi connectivity index (χ0v) is 12.7. The first kappa shape index (κ1) is 17.0. The number of ether oxygens (including phenoxy) is 1. The number of anilines is 1. The van der Waals surface area contributed by atoms with Crippen molar-refractivity contribution in [1.82, 2.24) is 10.3 Å². The minimum atomic E-state index is -1.34. The molecule has 0 aliphatic carbocycles. The van der Waals surface area contributed by atoms with Crippen molar-refractivity contribution >= 4 is 34.6 Å². The van der Waals surface area contributed by atoms with E-state index in [4.69, 9.17) is 5.11 Å². The molecule has 1 aromatic heterocycles. The van der Waals surface area contributed by atoms with E-state index in [1.807, 2.05) is 0 Å². The predicted molar refractivity (Wildman–Crippen MR) is 85.2 cm³/mol. The Morgan fingerprint density at radius 1 is 1.25 bits per heavy atom. The lowest BCUT2D eigenvalue weighted by Gasteiger charge is -2.08. The molecule has 0 unspecified atom stereocenters. The molecule has 2 amide bonds. The second kappa shape index (κ2) is 7.27. The fourth-order valence-electron chi connectivity index (χ4n) is 1.98. The lowest BCUT2D eigenvalue weighted by molar-refractivity contribution is -0.141. The molecule has 2 aromatic rings. The van der Waals surface area contributed by atoms with Gasteiger partial charge in [-0.15, -0.1) is 0 Å². The maximum atomic E-state index is 11.7. The van der Waals surface area contributed by atoms with E-state index < -0.39 is 29.1 Å². The van der Waals surface area contributed by atoms with Crippen molar-refractivity contribution in [2.75, 3.05) is 18.5 Å². The highest BCUT2D eigenvalue weighted by molar-refractivity contribution is 5.96. The molecule has 0 saturated heterocycles. The summed E-state index contributed by atoms with van der Waals surface area (Å²) in [7, 11) is 0. The van der Waals surface area contributed by atoms with Crippen LogP contribution in [0, 0.1) is 0 Å². The van der Waals surface area contributed by atoms with Gasteiger partial charge in [-0.05, 0) is 31.2 Å². The maximum Gasteiger partial charge on any atom is 0.341 e. The first-order valence-corrected chi connectivity index (χ1v) is 7.01. The van der Waals surface area contributed by atoms with Crippen LogP contribution >= 0.6 is 0 Å². The number of hydrogen-bond acceptors (Lipinski definition) is 5. The molecule has 2 rings (SSSR count). The Hall–Kier alpha value is -3.36. The Bertz CT molecular complexity index is 858. The van der Waals surface area contributed by atoms with Gasteiger partial charge in [-0.2, -0.15) is 0 Å². The molecule has 1 heterocycles. The molecular formula is C15H15N3O6. The van der Waals surface area contributed by atoms with E-state index in [0.717, 1.165) is 0 Å². The number of amides is 2. The number of hydrogen-bond donors (Lipinski definition) is 4. The molecular weight excluding hydrogens is 318 g/mol. The molecule has 0 spiro atoms. The van der Waals surface area contributed by atoms with Crippen LogP contribution in [0.4, 0.5) is 10.5 Å². The largest absolute Gasteiger partial charge is 0.477 e. The second-order valence-corrected chi connectivity index (χ2v) is 4.73. The number of carboxylic acid groups (broad SMARTS) is 1. The van der Waals surface area contributed by atoms with Crippen LogP contribution < -0.4 is 16.2 Å². The quantitative estimate of drug-likeness (QED) is 0.600. The molecule has 1 aromatic carbocycles. The number of H-pyrrole nitrogens is 1. The number of aromatic nitrogens is 1.